The molecule has 0 bridgehead atoms. The molecule has 0 saturated heterocycles. The standard InChI is InChI=1S/C9H10ClF/c1-2-7-5-9(11)4-3-8(7)6-10/h3-5H,2,6H2,1H3. The molecule has 0 unspecified atom stereocenters. The van der Waals surface area contributed by atoms with Gasteiger partial charge >= 0.3 is 0 Å². The predicted molar refractivity (Wildman–Crippen MR) is 45.3 cm³/mol. The van der Waals surface area contributed by atoms with Crippen molar-refractivity contribution in [2.75, 3.05) is 0 Å². The first-order valence-corrected chi connectivity index (χ1v) is 4.14. The summed E-state index contributed by atoms with van der Waals surface area (Å²) in [5.74, 6) is 0.277. The molecule has 1 rings (SSSR count). The highest BCUT2D eigenvalue weighted by molar-refractivity contribution is 6.17. The van der Waals surface area contributed by atoms with E-state index in [-0.39, 0.29) is 5.82 Å². The molecule has 0 aliphatic carbocycles. The molecular formula is C9H10ClF. The lowest BCUT2D eigenvalue weighted by atomic mass is 10.1. The molecule has 0 aliphatic heterocycles. The summed E-state index contributed by atoms with van der Waals surface area (Å²) in [6.07, 6.45) is 0.833. The van der Waals surface area contributed by atoms with Gasteiger partial charge in [-0.1, -0.05) is 13.0 Å². The van der Waals surface area contributed by atoms with Crippen molar-refractivity contribution < 1.29 is 4.39 Å². The van der Waals surface area contributed by atoms with Crippen LogP contribution in [-0.2, 0) is 12.3 Å². The van der Waals surface area contributed by atoms with Crippen LogP contribution < -0.4 is 0 Å². The molecular weight excluding hydrogens is 163 g/mol. The molecule has 2 heteroatoms. The highest BCUT2D eigenvalue weighted by Gasteiger charge is 1.99. The van der Waals surface area contributed by atoms with Crippen LogP contribution in [0.3, 0.4) is 0 Å². The maximum Gasteiger partial charge on any atom is 0.123 e. The Morgan fingerprint density at radius 1 is 1.36 bits per heavy atom. The molecule has 0 heterocycles. The van der Waals surface area contributed by atoms with Crippen LogP contribution >= 0.6 is 11.6 Å². The monoisotopic (exact) mass is 172 g/mol. The van der Waals surface area contributed by atoms with Gasteiger partial charge in [-0.05, 0) is 29.7 Å². The van der Waals surface area contributed by atoms with Gasteiger partial charge in [-0.2, -0.15) is 0 Å². The molecule has 0 nitrogen and oxygen atoms in total. The lowest BCUT2D eigenvalue weighted by Gasteiger charge is -2.02. The van der Waals surface area contributed by atoms with Crippen molar-refractivity contribution in [2.45, 2.75) is 19.2 Å². The summed E-state index contributed by atoms with van der Waals surface area (Å²) in [6.45, 7) is 1.99. The Kier molecular flexibility index (Phi) is 2.89. The molecule has 60 valence electrons. The zero-order valence-corrected chi connectivity index (χ0v) is 7.16. The van der Waals surface area contributed by atoms with Gasteiger partial charge in [0.15, 0.2) is 0 Å². The summed E-state index contributed by atoms with van der Waals surface area (Å²) >= 11 is 5.64. The van der Waals surface area contributed by atoms with Crippen LogP contribution in [0.2, 0.25) is 0 Å². The number of alkyl halides is 1. The zero-order valence-electron chi connectivity index (χ0n) is 6.40. The second kappa shape index (κ2) is 3.72. The quantitative estimate of drug-likeness (QED) is 0.602. The van der Waals surface area contributed by atoms with Crippen molar-refractivity contribution in [2.24, 2.45) is 0 Å². The van der Waals surface area contributed by atoms with Gasteiger partial charge in [-0.15, -0.1) is 11.6 Å². The number of hydrogen-bond acceptors (Lipinski definition) is 0. The van der Waals surface area contributed by atoms with Gasteiger partial charge in [0.1, 0.15) is 5.82 Å². The molecule has 0 aliphatic rings. The Labute approximate surface area is 71.0 Å². The Bertz CT molecular complexity index is 245. The maximum atomic E-state index is 12.6. The average molecular weight is 173 g/mol. The lowest BCUT2D eigenvalue weighted by Crippen LogP contribution is -1.90. The Morgan fingerprint density at radius 2 is 2.09 bits per heavy atom. The van der Waals surface area contributed by atoms with E-state index < -0.39 is 0 Å². The zero-order chi connectivity index (χ0) is 8.27. The molecule has 0 spiro atoms. The van der Waals surface area contributed by atoms with Gasteiger partial charge in [0.25, 0.3) is 0 Å². The van der Waals surface area contributed by atoms with Crippen LogP contribution in [0.1, 0.15) is 18.1 Å². The molecule has 0 saturated carbocycles. The topological polar surface area (TPSA) is 0 Å². The van der Waals surface area contributed by atoms with Crippen LogP contribution in [0.25, 0.3) is 0 Å². The van der Waals surface area contributed by atoms with E-state index >= 15 is 0 Å². The highest BCUT2D eigenvalue weighted by atomic mass is 35.5. The number of benzene rings is 1. The molecule has 11 heavy (non-hydrogen) atoms. The number of halogens is 2. The number of rotatable bonds is 2. The fraction of sp³-hybridized carbons (Fsp3) is 0.333. The van der Waals surface area contributed by atoms with Crippen molar-refractivity contribution in [3.05, 3.63) is 35.1 Å². The van der Waals surface area contributed by atoms with Crippen LogP contribution in [0.5, 0.6) is 0 Å². The second-order valence-corrected chi connectivity index (χ2v) is 2.67. The van der Waals surface area contributed by atoms with E-state index in [4.69, 9.17) is 11.6 Å². The number of aryl methyl sites for hydroxylation is 1. The molecule has 0 amide bonds. The smallest absolute Gasteiger partial charge is 0.123 e. The third kappa shape index (κ3) is 1.93. The van der Waals surface area contributed by atoms with Crippen LogP contribution in [-0.4, -0.2) is 0 Å². The molecule has 1 aromatic carbocycles. The van der Waals surface area contributed by atoms with Gasteiger partial charge in [0.2, 0.25) is 0 Å². The second-order valence-electron chi connectivity index (χ2n) is 2.40. The largest absolute Gasteiger partial charge is 0.207 e. The van der Waals surface area contributed by atoms with E-state index in [2.05, 4.69) is 0 Å². The average Bonchev–Trinajstić information content (AvgIpc) is 2.04. The van der Waals surface area contributed by atoms with E-state index in [1.165, 1.54) is 12.1 Å². The SMILES string of the molecule is CCc1cc(F)ccc1CCl. The Morgan fingerprint density at radius 3 is 2.64 bits per heavy atom. The van der Waals surface area contributed by atoms with Crippen LogP contribution in [0.4, 0.5) is 4.39 Å². The van der Waals surface area contributed by atoms with Crippen molar-refractivity contribution >= 4 is 11.6 Å². The first-order valence-electron chi connectivity index (χ1n) is 3.61. The summed E-state index contributed by atoms with van der Waals surface area (Å²) in [7, 11) is 0. The first kappa shape index (κ1) is 8.54. The van der Waals surface area contributed by atoms with Crippen LogP contribution in [0, 0.1) is 5.82 Å². The van der Waals surface area contributed by atoms with Gasteiger partial charge in [-0.25, -0.2) is 4.39 Å². The normalized spacial score (nSPS) is 10.1. The fourth-order valence-corrected chi connectivity index (χ4v) is 1.31. The molecule has 0 aromatic heterocycles. The minimum atomic E-state index is -0.185. The van der Waals surface area contributed by atoms with E-state index in [0.717, 1.165) is 17.5 Å². The van der Waals surface area contributed by atoms with Crippen molar-refractivity contribution in [1.82, 2.24) is 0 Å². The molecule has 0 fully saturated rings. The van der Waals surface area contributed by atoms with Crippen LogP contribution in [0.15, 0.2) is 18.2 Å². The van der Waals surface area contributed by atoms with Crippen molar-refractivity contribution in [1.29, 1.82) is 0 Å². The van der Waals surface area contributed by atoms with Crippen molar-refractivity contribution in [3.63, 3.8) is 0 Å². The molecule has 0 N–H and O–H groups in total. The van der Waals surface area contributed by atoms with Gasteiger partial charge in [0, 0.05) is 5.88 Å². The van der Waals surface area contributed by atoms with Gasteiger partial charge < -0.3 is 0 Å². The predicted octanol–water partition coefficient (Wildman–Crippen LogP) is 3.13. The third-order valence-corrected chi connectivity index (χ3v) is 1.98. The molecule has 1 aromatic rings. The van der Waals surface area contributed by atoms with E-state index in [9.17, 15) is 4.39 Å². The van der Waals surface area contributed by atoms with Gasteiger partial charge in [-0.3, -0.25) is 0 Å². The molecule has 0 atom stereocenters. The summed E-state index contributed by atoms with van der Waals surface area (Å²) in [5.41, 5.74) is 2.02. The third-order valence-electron chi connectivity index (χ3n) is 1.69. The van der Waals surface area contributed by atoms with E-state index in [0.29, 0.717) is 5.88 Å². The minimum absolute atomic E-state index is 0.185. The lowest BCUT2D eigenvalue weighted by molar-refractivity contribution is 0.625. The highest BCUT2D eigenvalue weighted by Crippen LogP contribution is 2.13. The van der Waals surface area contributed by atoms with E-state index in [1.807, 2.05) is 6.92 Å². The summed E-state index contributed by atoms with van der Waals surface area (Å²) in [5, 5.41) is 0. The van der Waals surface area contributed by atoms with Gasteiger partial charge in [0.05, 0.1) is 0 Å². The molecule has 0 radical (unpaired) electrons. The minimum Gasteiger partial charge on any atom is -0.207 e. The summed E-state index contributed by atoms with van der Waals surface area (Å²) < 4.78 is 12.6. The Hall–Kier alpha value is -0.560. The summed E-state index contributed by atoms with van der Waals surface area (Å²) in [6, 6.07) is 4.72. The van der Waals surface area contributed by atoms with E-state index in [1.54, 1.807) is 6.07 Å². The van der Waals surface area contributed by atoms with Crippen molar-refractivity contribution in [3.8, 4) is 0 Å². The number of hydrogen-bond donors (Lipinski definition) is 0. The summed E-state index contributed by atoms with van der Waals surface area (Å²) in [4.78, 5) is 0. The fourth-order valence-electron chi connectivity index (χ4n) is 1.05. The Balaban J connectivity index is 3.06. The maximum absolute atomic E-state index is 12.6. The first-order chi connectivity index (χ1) is 5.27.